The van der Waals surface area contributed by atoms with Crippen LogP contribution in [0.1, 0.15) is 13.3 Å². The number of benzene rings is 2. The molecule has 0 aliphatic carbocycles. The molecule has 1 aliphatic rings. The van der Waals surface area contributed by atoms with E-state index in [2.05, 4.69) is 5.32 Å². The first kappa shape index (κ1) is 17.8. The Morgan fingerprint density at radius 2 is 1.92 bits per heavy atom. The highest BCUT2D eigenvalue weighted by molar-refractivity contribution is 6.03. The molecule has 0 spiro atoms. The molecule has 0 radical (unpaired) electrons. The van der Waals surface area contributed by atoms with Crippen molar-refractivity contribution in [1.82, 2.24) is 0 Å². The van der Waals surface area contributed by atoms with Crippen LogP contribution in [0.15, 0.2) is 42.5 Å². The molecule has 26 heavy (non-hydrogen) atoms. The van der Waals surface area contributed by atoms with Gasteiger partial charge in [-0.3, -0.25) is 9.59 Å². The van der Waals surface area contributed by atoms with E-state index in [-0.39, 0.29) is 30.5 Å². The van der Waals surface area contributed by atoms with E-state index >= 15 is 0 Å². The van der Waals surface area contributed by atoms with Crippen molar-refractivity contribution in [2.24, 2.45) is 5.92 Å². The lowest BCUT2D eigenvalue weighted by Gasteiger charge is -2.17. The molecule has 1 unspecified atom stereocenters. The van der Waals surface area contributed by atoms with Gasteiger partial charge in [0.25, 0.3) is 0 Å². The minimum absolute atomic E-state index is 0.0157. The second-order valence-electron chi connectivity index (χ2n) is 5.95. The summed E-state index contributed by atoms with van der Waals surface area (Å²) in [6, 6.07) is 10.2. The van der Waals surface area contributed by atoms with Gasteiger partial charge in [-0.15, -0.1) is 0 Å². The van der Waals surface area contributed by atoms with Crippen molar-refractivity contribution < 1.29 is 23.1 Å². The topological polar surface area (TPSA) is 58.6 Å². The summed E-state index contributed by atoms with van der Waals surface area (Å²) in [5.74, 6) is -2.48. The molecular weight excluding hydrogens is 342 g/mol. The quantitative estimate of drug-likeness (QED) is 0.890. The highest BCUT2D eigenvalue weighted by Crippen LogP contribution is 2.27. The molecule has 2 aromatic carbocycles. The van der Waals surface area contributed by atoms with Crippen LogP contribution in [-0.4, -0.2) is 25.0 Å². The zero-order chi connectivity index (χ0) is 18.7. The number of halogens is 2. The molecule has 2 aromatic rings. The molecule has 2 amide bonds. The van der Waals surface area contributed by atoms with Crippen LogP contribution >= 0.6 is 0 Å². The molecule has 1 heterocycles. The molecule has 136 valence electrons. The van der Waals surface area contributed by atoms with Gasteiger partial charge in [-0.05, 0) is 43.3 Å². The Kier molecular flexibility index (Phi) is 5.16. The van der Waals surface area contributed by atoms with Crippen LogP contribution in [0, 0.1) is 17.6 Å². The fourth-order valence-corrected chi connectivity index (χ4v) is 2.83. The van der Waals surface area contributed by atoms with Crippen molar-refractivity contribution in [3.63, 3.8) is 0 Å². The van der Waals surface area contributed by atoms with Gasteiger partial charge in [-0.25, -0.2) is 8.78 Å². The lowest BCUT2D eigenvalue weighted by molar-refractivity contribution is -0.122. The first-order valence-corrected chi connectivity index (χ1v) is 8.27. The number of carbonyl (C=O) groups is 2. The van der Waals surface area contributed by atoms with Gasteiger partial charge in [-0.2, -0.15) is 0 Å². The van der Waals surface area contributed by atoms with Gasteiger partial charge < -0.3 is 15.0 Å². The van der Waals surface area contributed by atoms with E-state index in [4.69, 9.17) is 4.74 Å². The van der Waals surface area contributed by atoms with Crippen molar-refractivity contribution in [3.05, 3.63) is 54.1 Å². The third kappa shape index (κ3) is 3.82. The van der Waals surface area contributed by atoms with Crippen molar-refractivity contribution in [1.29, 1.82) is 0 Å². The van der Waals surface area contributed by atoms with E-state index in [1.165, 1.54) is 11.0 Å². The maximum atomic E-state index is 13.4. The molecule has 1 fully saturated rings. The Morgan fingerprint density at radius 3 is 2.58 bits per heavy atom. The standard InChI is InChI=1S/C19H18F2N2O3/c1-2-26-15-6-3-13(4-7-15)22-19(25)12-9-18(24)23(11-12)14-5-8-16(20)17(21)10-14/h3-8,10,12H,2,9,11H2,1H3,(H,22,25). The Morgan fingerprint density at radius 1 is 1.19 bits per heavy atom. The van der Waals surface area contributed by atoms with Gasteiger partial charge in [-0.1, -0.05) is 0 Å². The lowest BCUT2D eigenvalue weighted by Crippen LogP contribution is -2.28. The smallest absolute Gasteiger partial charge is 0.229 e. The summed E-state index contributed by atoms with van der Waals surface area (Å²) in [7, 11) is 0. The van der Waals surface area contributed by atoms with Crippen molar-refractivity contribution >= 4 is 23.2 Å². The minimum atomic E-state index is -1.03. The third-order valence-electron chi connectivity index (χ3n) is 4.14. The Balaban J connectivity index is 1.65. The number of anilines is 2. The second-order valence-corrected chi connectivity index (χ2v) is 5.95. The summed E-state index contributed by atoms with van der Waals surface area (Å²) >= 11 is 0. The fraction of sp³-hybridized carbons (Fsp3) is 0.263. The average Bonchev–Trinajstić information content (AvgIpc) is 3.01. The molecule has 1 aliphatic heterocycles. The first-order chi connectivity index (χ1) is 12.5. The van der Waals surface area contributed by atoms with Crippen molar-refractivity contribution in [3.8, 4) is 5.75 Å². The maximum absolute atomic E-state index is 13.4. The van der Waals surface area contributed by atoms with E-state index in [1.807, 2.05) is 6.92 Å². The zero-order valence-electron chi connectivity index (χ0n) is 14.2. The molecule has 0 saturated carbocycles. The van der Waals surface area contributed by atoms with Crippen LogP contribution in [0.4, 0.5) is 20.2 Å². The highest BCUT2D eigenvalue weighted by atomic mass is 19.2. The summed E-state index contributed by atoms with van der Waals surface area (Å²) < 4.78 is 31.8. The van der Waals surface area contributed by atoms with E-state index in [0.717, 1.165) is 12.1 Å². The number of nitrogens with one attached hydrogen (secondary N) is 1. The van der Waals surface area contributed by atoms with Gasteiger partial charge in [0.2, 0.25) is 11.8 Å². The largest absolute Gasteiger partial charge is 0.494 e. The molecule has 0 bridgehead atoms. The van der Waals surface area contributed by atoms with Crippen molar-refractivity contribution in [2.75, 3.05) is 23.4 Å². The van der Waals surface area contributed by atoms with Crippen LogP contribution in [0.3, 0.4) is 0 Å². The number of ether oxygens (including phenoxy) is 1. The Labute approximate surface area is 149 Å². The summed E-state index contributed by atoms with van der Waals surface area (Å²) in [5.41, 5.74) is 0.836. The van der Waals surface area contributed by atoms with Gasteiger partial charge in [0.1, 0.15) is 5.75 Å². The maximum Gasteiger partial charge on any atom is 0.229 e. The average molecular weight is 360 g/mol. The highest BCUT2D eigenvalue weighted by Gasteiger charge is 2.35. The molecule has 1 atom stereocenters. The molecule has 7 heteroatoms. The molecule has 1 saturated heterocycles. The van der Waals surface area contributed by atoms with E-state index < -0.39 is 17.6 Å². The molecular formula is C19H18F2N2O3. The monoisotopic (exact) mass is 360 g/mol. The molecule has 5 nitrogen and oxygen atoms in total. The van der Waals surface area contributed by atoms with E-state index in [1.54, 1.807) is 24.3 Å². The van der Waals surface area contributed by atoms with Crippen LogP contribution in [0.5, 0.6) is 5.75 Å². The van der Waals surface area contributed by atoms with E-state index in [0.29, 0.717) is 18.0 Å². The van der Waals surface area contributed by atoms with Crippen molar-refractivity contribution in [2.45, 2.75) is 13.3 Å². The first-order valence-electron chi connectivity index (χ1n) is 8.27. The third-order valence-corrected chi connectivity index (χ3v) is 4.14. The molecule has 0 aromatic heterocycles. The number of hydrogen-bond acceptors (Lipinski definition) is 3. The predicted octanol–water partition coefficient (Wildman–Crippen LogP) is 3.36. The lowest BCUT2D eigenvalue weighted by atomic mass is 10.1. The number of nitrogens with zero attached hydrogens (tertiary/aromatic N) is 1. The number of amides is 2. The zero-order valence-corrected chi connectivity index (χ0v) is 14.2. The van der Waals surface area contributed by atoms with Crippen LogP contribution < -0.4 is 15.0 Å². The Bertz CT molecular complexity index is 824. The minimum Gasteiger partial charge on any atom is -0.494 e. The number of carbonyl (C=O) groups excluding carboxylic acids is 2. The van der Waals surface area contributed by atoms with Crippen LogP contribution in [-0.2, 0) is 9.59 Å². The summed E-state index contributed by atoms with van der Waals surface area (Å²) in [6.07, 6.45) is 0.0157. The van der Waals surface area contributed by atoms with E-state index in [9.17, 15) is 18.4 Å². The molecule has 3 rings (SSSR count). The van der Waals surface area contributed by atoms with Crippen LogP contribution in [0.25, 0.3) is 0 Å². The summed E-state index contributed by atoms with van der Waals surface area (Å²) in [5, 5.41) is 2.76. The van der Waals surface area contributed by atoms with Crippen LogP contribution in [0.2, 0.25) is 0 Å². The molecule has 1 N–H and O–H groups in total. The van der Waals surface area contributed by atoms with Gasteiger partial charge in [0, 0.05) is 30.4 Å². The van der Waals surface area contributed by atoms with Gasteiger partial charge in [0.15, 0.2) is 11.6 Å². The summed E-state index contributed by atoms with van der Waals surface area (Å²) in [6.45, 7) is 2.55. The second kappa shape index (κ2) is 7.51. The Hall–Kier alpha value is -2.96. The fourth-order valence-electron chi connectivity index (χ4n) is 2.83. The number of hydrogen-bond donors (Lipinski definition) is 1. The van der Waals surface area contributed by atoms with Gasteiger partial charge in [0.05, 0.1) is 12.5 Å². The SMILES string of the molecule is CCOc1ccc(NC(=O)C2CC(=O)N(c3ccc(F)c(F)c3)C2)cc1. The normalized spacial score (nSPS) is 16.7. The predicted molar refractivity (Wildman–Crippen MR) is 93.1 cm³/mol. The van der Waals surface area contributed by atoms with Gasteiger partial charge >= 0.3 is 0 Å². The number of rotatable bonds is 5. The summed E-state index contributed by atoms with van der Waals surface area (Å²) in [4.78, 5) is 25.9.